The number of carbonyl (C=O) groups is 2. The molecular weight excluding hydrogens is 474 g/mol. The summed E-state index contributed by atoms with van der Waals surface area (Å²) >= 11 is 0. The number of nitrogens with zero attached hydrogens (tertiary/aromatic N) is 2. The van der Waals surface area contributed by atoms with Crippen LogP contribution in [0.5, 0.6) is 0 Å². The molecular formula is C28H41N3O4S. The van der Waals surface area contributed by atoms with Gasteiger partial charge in [0.25, 0.3) is 0 Å². The number of rotatable bonds is 13. The molecule has 0 spiro atoms. The van der Waals surface area contributed by atoms with E-state index in [9.17, 15) is 18.0 Å². The zero-order chi connectivity index (χ0) is 26.9. The van der Waals surface area contributed by atoms with Gasteiger partial charge >= 0.3 is 0 Å². The van der Waals surface area contributed by atoms with Crippen molar-refractivity contribution in [2.75, 3.05) is 23.7 Å². The van der Waals surface area contributed by atoms with Crippen LogP contribution in [0.3, 0.4) is 0 Å². The molecule has 8 heteroatoms. The van der Waals surface area contributed by atoms with Crippen molar-refractivity contribution in [3.63, 3.8) is 0 Å². The van der Waals surface area contributed by atoms with E-state index >= 15 is 0 Å². The summed E-state index contributed by atoms with van der Waals surface area (Å²) in [6.07, 6.45) is 3.50. The molecule has 0 radical (unpaired) electrons. The van der Waals surface area contributed by atoms with Crippen LogP contribution in [0.1, 0.15) is 61.8 Å². The molecule has 0 fully saturated rings. The van der Waals surface area contributed by atoms with Crippen LogP contribution in [-0.2, 0) is 26.2 Å². The molecule has 2 aromatic carbocycles. The summed E-state index contributed by atoms with van der Waals surface area (Å²) in [5, 5.41) is 2.92. The Hall–Kier alpha value is -2.87. The molecule has 36 heavy (non-hydrogen) atoms. The summed E-state index contributed by atoms with van der Waals surface area (Å²) < 4.78 is 26.4. The Morgan fingerprint density at radius 3 is 2.33 bits per heavy atom. The van der Waals surface area contributed by atoms with E-state index in [1.54, 1.807) is 17.9 Å². The minimum Gasteiger partial charge on any atom is -0.354 e. The first-order valence-electron chi connectivity index (χ1n) is 12.6. The van der Waals surface area contributed by atoms with Gasteiger partial charge in [-0.25, -0.2) is 8.42 Å². The van der Waals surface area contributed by atoms with Crippen molar-refractivity contribution in [3.8, 4) is 0 Å². The molecule has 0 saturated carbocycles. The maximum atomic E-state index is 13.4. The van der Waals surface area contributed by atoms with E-state index in [1.807, 2.05) is 57.2 Å². The van der Waals surface area contributed by atoms with E-state index in [0.29, 0.717) is 25.2 Å². The first-order valence-corrected chi connectivity index (χ1v) is 14.5. The predicted molar refractivity (Wildman–Crippen MR) is 146 cm³/mol. The van der Waals surface area contributed by atoms with Gasteiger partial charge in [0.2, 0.25) is 21.8 Å². The third kappa shape index (κ3) is 8.66. The second-order valence-corrected chi connectivity index (χ2v) is 11.4. The summed E-state index contributed by atoms with van der Waals surface area (Å²) in [5.74, 6) is -0.361. The summed E-state index contributed by atoms with van der Waals surface area (Å²) in [7, 11) is -3.52. The number of hydrogen-bond donors (Lipinski definition) is 1. The van der Waals surface area contributed by atoms with E-state index in [-0.39, 0.29) is 24.8 Å². The number of unbranched alkanes of at least 4 members (excludes halogenated alkanes) is 1. The second kappa shape index (κ2) is 13.4. The van der Waals surface area contributed by atoms with Crippen molar-refractivity contribution in [2.45, 2.75) is 72.9 Å². The largest absolute Gasteiger partial charge is 0.354 e. The monoisotopic (exact) mass is 515 g/mol. The Morgan fingerprint density at radius 1 is 1.00 bits per heavy atom. The Bertz CT molecular complexity index is 1150. The van der Waals surface area contributed by atoms with Crippen LogP contribution in [0.15, 0.2) is 42.5 Å². The molecule has 0 saturated heterocycles. The van der Waals surface area contributed by atoms with E-state index in [4.69, 9.17) is 0 Å². The van der Waals surface area contributed by atoms with Crippen molar-refractivity contribution in [2.24, 2.45) is 0 Å². The van der Waals surface area contributed by atoms with Gasteiger partial charge in [0.1, 0.15) is 6.04 Å². The zero-order valence-corrected chi connectivity index (χ0v) is 23.3. The molecule has 1 atom stereocenters. The molecule has 2 rings (SSSR count). The van der Waals surface area contributed by atoms with Gasteiger partial charge in [0.05, 0.1) is 11.9 Å². The smallest absolute Gasteiger partial charge is 0.242 e. The average Bonchev–Trinajstić information content (AvgIpc) is 2.81. The minimum atomic E-state index is -3.52. The van der Waals surface area contributed by atoms with Crippen molar-refractivity contribution in [1.29, 1.82) is 0 Å². The molecule has 0 aliphatic carbocycles. The summed E-state index contributed by atoms with van der Waals surface area (Å²) in [6.45, 7) is 10.8. The lowest BCUT2D eigenvalue weighted by Gasteiger charge is -2.29. The zero-order valence-electron chi connectivity index (χ0n) is 22.5. The standard InChI is InChI=1S/C28H41N3O4S/c1-7-8-16-29-28(33)24(5)30(20-25-12-9-11-21(2)18-25)27(32)13-10-17-31(36(6,34)35)26-15-14-22(3)23(4)19-26/h9,11-12,14-15,18-19,24H,7-8,10,13,16-17,20H2,1-6H3,(H,29,33). The van der Waals surface area contributed by atoms with Gasteiger partial charge in [-0.15, -0.1) is 0 Å². The van der Waals surface area contributed by atoms with Crippen molar-refractivity contribution in [3.05, 3.63) is 64.7 Å². The molecule has 198 valence electrons. The lowest BCUT2D eigenvalue weighted by Crippen LogP contribution is -2.48. The lowest BCUT2D eigenvalue weighted by molar-refractivity contribution is -0.140. The fraction of sp³-hybridized carbons (Fsp3) is 0.500. The number of benzene rings is 2. The predicted octanol–water partition coefficient (Wildman–Crippen LogP) is 4.49. The molecule has 0 bridgehead atoms. The van der Waals surface area contributed by atoms with Crippen molar-refractivity contribution in [1.82, 2.24) is 10.2 Å². The van der Waals surface area contributed by atoms with Crippen molar-refractivity contribution < 1.29 is 18.0 Å². The van der Waals surface area contributed by atoms with E-state index < -0.39 is 16.1 Å². The highest BCUT2D eigenvalue weighted by atomic mass is 32.2. The summed E-state index contributed by atoms with van der Waals surface area (Å²) in [4.78, 5) is 27.7. The van der Waals surface area contributed by atoms with E-state index in [1.165, 1.54) is 10.6 Å². The van der Waals surface area contributed by atoms with Gasteiger partial charge in [-0.3, -0.25) is 13.9 Å². The maximum absolute atomic E-state index is 13.4. The molecule has 1 N–H and O–H groups in total. The van der Waals surface area contributed by atoms with Crippen LogP contribution < -0.4 is 9.62 Å². The molecule has 7 nitrogen and oxygen atoms in total. The number of sulfonamides is 1. The molecule has 2 aromatic rings. The topological polar surface area (TPSA) is 86.8 Å². The third-order valence-corrected chi connectivity index (χ3v) is 7.56. The molecule has 0 aliphatic heterocycles. The average molecular weight is 516 g/mol. The first kappa shape index (κ1) is 29.4. The normalized spacial score (nSPS) is 12.2. The Morgan fingerprint density at radius 2 is 1.72 bits per heavy atom. The number of nitrogens with one attached hydrogen (secondary N) is 1. The maximum Gasteiger partial charge on any atom is 0.242 e. The van der Waals surface area contributed by atoms with Crippen LogP contribution in [0.25, 0.3) is 0 Å². The Balaban J connectivity index is 2.16. The van der Waals surface area contributed by atoms with Gasteiger partial charge in [0, 0.05) is 26.1 Å². The highest BCUT2D eigenvalue weighted by Gasteiger charge is 2.26. The summed E-state index contributed by atoms with van der Waals surface area (Å²) in [5.41, 5.74) is 4.71. The molecule has 0 aliphatic rings. The lowest BCUT2D eigenvalue weighted by atomic mass is 10.1. The molecule has 0 heterocycles. The van der Waals surface area contributed by atoms with E-state index in [0.717, 1.165) is 35.1 Å². The van der Waals surface area contributed by atoms with Crippen molar-refractivity contribution >= 4 is 27.5 Å². The molecule has 0 aromatic heterocycles. The van der Waals surface area contributed by atoms with Crippen LogP contribution >= 0.6 is 0 Å². The van der Waals surface area contributed by atoms with E-state index in [2.05, 4.69) is 12.2 Å². The van der Waals surface area contributed by atoms with Gasteiger partial charge in [-0.1, -0.05) is 49.2 Å². The third-order valence-electron chi connectivity index (χ3n) is 6.36. The highest BCUT2D eigenvalue weighted by molar-refractivity contribution is 7.92. The fourth-order valence-corrected chi connectivity index (χ4v) is 4.97. The highest BCUT2D eigenvalue weighted by Crippen LogP contribution is 2.22. The van der Waals surface area contributed by atoms with Gasteiger partial charge in [0.15, 0.2) is 0 Å². The Labute approximate surface area is 216 Å². The number of aryl methyl sites for hydroxylation is 3. The number of anilines is 1. The first-order chi connectivity index (χ1) is 16.9. The SMILES string of the molecule is CCCCNC(=O)C(C)N(Cc1cccc(C)c1)C(=O)CCCN(c1ccc(C)c(C)c1)S(C)(=O)=O. The van der Waals surface area contributed by atoms with Crippen LogP contribution in [0.2, 0.25) is 0 Å². The quantitative estimate of drug-likeness (QED) is 0.398. The Kier molecular flexibility index (Phi) is 11.0. The minimum absolute atomic E-state index is 0.134. The second-order valence-electron chi connectivity index (χ2n) is 9.54. The number of carbonyl (C=O) groups excluding carboxylic acids is 2. The summed E-state index contributed by atoms with van der Waals surface area (Å²) in [6, 6.07) is 12.8. The van der Waals surface area contributed by atoms with Gasteiger partial charge < -0.3 is 10.2 Å². The fourth-order valence-electron chi connectivity index (χ4n) is 4.01. The van der Waals surface area contributed by atoms with Crippen LogP contribution in [0, 0.1) is 20.8 Å². The van der Waals surface area contributed by atoms with Gasteiger partial charge in [-0.05, 0) is 69.4 Å². The molecule has 2 amide bonds. The van der Waals surface area contributed by atoms with Gasteiger partial charge in [-0.2, -0.15) is 0 Å². The van der Waals surface area contributed by atoms with Crippen LogP contribution in [-0.4, -0.2) is 50.5 Å². The molecule has 1 unspecified atom stereocenters. The number of hydrogen-bond acceptors (Lipinski definition) is 4. The number of amides is 2. The van der Waals surface area contributed by atoms with Crippen LogP contribution in [0.4, 0.5) is 5.69 Å².